The van der Waals surface area contributed by atoms with Crippen LogP contribution in [0.25, 0.3) is 225 Å². The summed E-state index contributed by atoms with van der Waals surface area (Å²) in [6.45, 7) is 0. The van der Waals surface area contributed by atoms with Crippen LogP contribution in [0, 0.1) is 0 Å². The fraction of sp³-hybridized carbons (Fsp3) is 0. The molecule has 30 aromatic rings. The molecule has 21 aromatic carbocycles. The van der Waals surface area contributed by atoms with Gasteiger partial charge in [0.1, 0.15) is 53.6 Å². The molecule has 0 aliphatic carbocycles. The summed E-state index contributed by atoms with van der Waals surface area (Å²) in [4.78, 5) is 38.5. The van der Waals surface area contributed by atoms with Gasteiger partial charge in [-0.05, 0) is 281 Å². The van der Waals surface area contributed by atoms with Crippen molar-refractivity contribution in [3.8, 4) is 111 Å². The first-order valence-corrected chi connectivity index (χ1v) is 53.5. The van der Waals surface area contributed by atoms with Gasteiger partial charge in [-0.3, -0.25) is 9.80 Å². The van der Waals surface area contributed by atoms with E-state index in [0.717, 1.165) is 250 Å². The molecule has 0 saturated carbocycles. The van der Waals surface area contributed by atoms with E-state index in [4.69, 9.17) is 66.5 Å². The summed E-state index contributed by atoms with van der Waals surface area (Å²) in [6, 6.07) is 136. The van der Waals surface area contributed by atoms with Gasteiger partial charge in [-0.2, -0.15) is 0 Å². The van der Waals surface area contributed by atoms with Crippen molar-refractivity contribution in [3.63, 3.8) is 0 Å². The SMILES string of the molecule is c1ccc2cc3c(cc2c1)oc1c2c4c(cc13)Oc1cc(-c3nc5ccccc5s3)ccc1N4c1ccc(-c3nc4ccccc4s3)cc1O2.c1ccc2cc3cc4c(cc3cc2c1)oc1c2c3c(cc14)Oc1cc(-c4nc5ccccc5s4)ccc1N3c1ccc(-c3nc4ccccc4s3)cc1O2.c1ccc2oc(-c3ccc(N4c5ccc(-c6nc7ccccc7o6)cc5Sc5c4ccc4c5sc5ccccc54)cc3)nc2c1. The first kappa shape index (κ1) is 83.0. The Kier molecular flexibility index (Phi) is 17.9. The maximum Gasteiger partial charge on any atom is 0.227 e. The summed E-state index contributed by atoms with van der Waals surface area (Å²) in [5.41, 5.74) is 24.8. The Labute approximate surface area is 868 Å². The summed E-state index contributed by atoms with van der Waals surface area (Å²) in [7, 11) is 0. The highest BCUT2D eigenvalue weighted by molar-refractivity contribution is 8.00. The highest BCUT2D eigenvalue weighted by atomic mass is 32.2. The minimum absolute atomic E-state index is 0.618. The number of thiophene rings is 1. The predicted molar refractivity (Wildman–Crippen MR) is 608 cm³/mol. The Morgan fingerprint density at radius 2 is 0.591 bits per heavy atom. The number of nitrogens with zero attached hydrogens (tertiary/aromatic N) is 9. The monoisotopic (exact) mass is 2020 g/mol. The van der Waals surface area contributed by atoms with E-state index < -0.39 is 0 Å². The number of anilines is 9. The zero-order chi connectivity index (χ0) is 97.1. The van der Waals surface area contributed by atoms with E-state index in [1.807, 2.05) is 102 Å². The number of para-hydroxylation sites is 8. The van der Waals surface area contributed by atoms with E-state index in [2.05, 4.69) is 330 Å². The molecule has 0 radical (unpaired) electrons. The van der Waals surface area contributed by atoms with Gasteiger partial charge in [-0.25, -0.2) is 29.9 Å². The highest BCUT2D eigenvalue weighted by Crippen LogP contribution is 2.67. The topological polar surface area (TPSA) is 177 Å². The van der Waals surface area contributed by atoms with Crippen molar-refractivity contribution in [1.82, 2.24) is 29.9 Å². The molecule has 35 rings (SSSR count). The van der Waals surface area contributed by atoms with Crippen LogP contribution in [0.1, 0.15) is 0 Å². The number of furan rings is 2. The van der Waals surface area contributed by atoms with Crippen LogP contribution in [0.5, 0.6) is 46.0 Å². The van der Waals surface area contributed by atoms with Gasteiger partial charge in [-0.1, -0.05) is 157 Å². The van der Waals surface area contributed by atoms with Crippen LogP contribution < -0.4 is 33.6 Å². The average Bonchev–Trinajstić information content (AvgIpc) is 1.69. The molecule has 17 nitrogen and oxygen atoms in total. The summed E-state index contributed by atoms with van der Waals surface area (Å²) < 4.78 is 60.4. The third-order valence-electron chi connectivity index (χ3n) is 28.6. The zero-order valence-corrected chi connectivity index (χ0v) is 82.7. The summed E-state index contributed by atoms with van der Waals surface area (Å²) in [5, 5.41) is 17.2. The lowest BCUT2D eigenvalue weighted by molar-refractivity contribution is 0.444. The molecule has 149 heavy (non-hydrogen) atoms. The van der Waals surface area contributed by atoms with Gasteiger partial charge in [0.2, 0.25) is 11.8 Å². The molecule has 0 atom stereocenters. The average molecular weight is 2030 g/mol. The minimum atomic E-state index is 0.618. The van der Waals surface area contributed by atoms with Gasteiger partial charge in [0.05, 0.1) is 84.6 Å². The van der Waals surface area contributed by atoms with Gasteiger partial charge in [0, 0.05) is 81.0 Å². The maximum absolute atomic E-state index is 6.96. The molecular formula is C126H65N9O8S6. The zero-order valence-electron chi connectivity index (χ0n) is 77.8. The summed E-state index contributed by atoms with van der Waals surface area (Å²) in [5.74, 6) is 6.85. The summed E-state index contributed by atoms with van der Waals surface area (Å²) >= 11 is 10.4. The van der Waals surface area contributed by atoms with E-state index in [1.165, 1.54) is 35.8 Å². The van der Waals surface area contributed by atoms with Crippen molar-refractivity contribution in [1.29, 1.82) is 0 Å². The number of rotatable bonds is 7. The molecule has 0 fully saturated rings. The molecule has 0 bridgehead atoms. The second kappa shape index (κ2) is 32.1. The first-order chi connectivity index (χ1) is 73.7. The quantitative estimate of drug-likeness (QED) is 0.138. The van der Waals surface area contributed by atoms with E-state index in [1.54, 1.807) is 45.3 Å². The molecule has 5 aliphatic rings. The number of oxazole rings is 2. The standard InChI is InChI=1S/C46H23N3O3S2.C42H21N3O3S2.C38H21N3O2S2/c1-2-8-25-18-29-22-36-30(19-28(29)17-24(25)7-1)31-23-39-42-44(43(31)51-36)52-38-21-27(46-48-33-10-4-6-12-41(33)54-46)14-16-35(38)49(42)34-15-13-26(20-37(34)50-39)45-47-32-9-3-5-11-40(32)53-45;1-2-8-23-18-32-26(17-22(23)7-1)27-21-35-38-40(39(27)47-32)48-34-20-25(42-44-29-10-4-6-12-37(29)50-42)14-16-31(34)45(38)30-15-13-24(19-33(30)46-35)41-43-28-9-3-5-11-36(28)49-41;1-6-12-33-25(7-1)26-18-20-30-36(35(26)44-33)45-34-21-23(38-40-28-9-3-5-11-32(28)43-38)15-19-29(34)41(30)24-16-13-22(14-17-24)37-39-27-8-2-4-10-31(27)42-37/h1-23H;1-21H;1-21H. The second-order valence-electron chi connectivity index (χ2n) is 37.4. The largest absolute Gasteiger partial charge is 0.453 e. The normalized spacial score (nSPS) is 13.0. The van der Waals surface area contributed by atoms with Crippen LogP contribution in [0.4, 0.5) is 51.2 Å². The lowest BCUT2D eigenvalue weighted by atomic mass is 10.0. The molecule has 0 amide bonds. The Bertz CT molecular complexity index is 10800. The molecule has 14 heterocycles. The Balaban J connectivity index is 0.0000000974. The highest BCUT2D eigenvalue weighted by Gasteiger charge is 2.42. The number of hydrogen-bond acceptors (Lipinski definition) is 23. The van der Waals surface area contributed by atoms with Crippen molar-refractivity contribution in [3.05, 3.63) is 394 Å². The van der Waals surface area contributed by atoms with Crippen molar-refractivity contribution < 1.29 is 36.6 Å². The van der Waals surface area contributed by atoms with E-state index in [9.17, 15) is 0 Å². The molecule has 0 saturated heterocycles. The molecule has 0 spiro atoms. The van der Waals surface area contributed by atoms with Crippen molar-refractivity contribution in [2.75, 3.05) is 14.7 Å². The third-order valence-corrected chi connectivity index (χ3v) is 35.5. The molecule has 23 heteroatoms. The maximum atomic E-state index is 6.96. The van der Waals surface area contributed by atoms with Crippen molar-refractivity contribution in [2.24, 2.45) is 0 Å². The lowest BCUT2D eigenvalue weighted by Gasteiger charge is -2.38. The molecule has 0 N–H and O–H groups in total. The number of fused-ring (bicyclic) bond motifs is 31. The van der Waals surface area contributed by atoms with Gasteiger partial charge in [0.15, 0.2) is 68.3 Å². The van der Waals surface area contributed by atoms with E-state index in [-0.39, 0.29) is 0 Å². The molecular weight excluding hydrogens is 1960 g/mol. The lowest BCUT2D eigenvalue weighted by Crippen LogP contribution is -2.20. The van der Waals surface area contributed by atoms with Crippen LogP contribution in [0.2, 0.25) is 0 Å². The smallest absolute Gasteiger partial charge is 0.227 e. The van der Waals surface area contributed by atoms with Crippen LogP contribution in [-0.4, -0.2) is 29.9 Å². The van der Waals surface area contributed by atoms with E-state index >= 15 is 0 Å². The number of aromatic nitrogens is 6. The fourth-order valence-corrected chi connectivity index (χ4v) is 28.0. The number of thiazole rings is 4. The first-order valence-electron chi connectivity index (χ1n) is 48.6. The van der Waals surface area contributed by atoms with Gasteiger partial charge in [-0.15, -0.1) is 56.7 Å². The van der Waals surface area contributed by atoms with Crippen LogP contribution in [0.3, 0.4) is 0 Å². The number of hydrogen-bond donors (Lipinski definition) is 0. The van der Waals surface area contributed by atoms with Crippen LogP contribution >= 0.6 is 68.4 Å². The Morgan fingerprint density at radius 3 is 1.07 bits per heavy atom. The molecule has 9 aromatic heterocycles. The van der Waals surface area contributed by atoms with Crippen molar-refractivity contribution >= 4 is 279 Å². The Morgan fingerprint density at radius 1 is 0.215 bits per heavy atom. The second-order valence-corrected chi connectivity index (χ2v) is 43.7. The van der Waals surface area contributed by atoms with E-state index in [0.29, 0.717) is 45.9 Å². The fourth-order valence-electron chi connectivity index (χ4n) is 21.6. The van der Waals surface area contributed by atoms with Gasteiger partial charge < -0.3 is 41.5 Å². The van der Waals surface area contributed by atoms with Crippen LogP contribution in [-0.2, 0) is 0 Å². The van der Waals surface area contributed by atoms with Crippen molar-refractivity contribution in [2.45, 2.75) is 9.79 Å². The molecule has 698 valence electrons. The third kappa shape index (κ3) is 13.2. The predicted octanol–water partition coefficient (Wildman–Crippen LogP) is 38.7. The van der Waals surface area contributed by atoms with Gasteiger partial charge >= 0.3 is 0 Å². The van der Waals surface area contributed by atoms with Gasteiger partial charge in [0.25, 0.3) is 0 Å². The molecule has 5 aliphatic heterocycles. The molecule has 0 unspecified atom stereocenters. The van der Waals surface area contributed by atoms with Crippen LogP contribution in [0.15, 0.2) is 422 Å². The number of ether oxygens (including phenoxy) is 4. The minimum Gasteiger partial charge on any atom is -0.453 e. The number of benzene rings is 21. The summed E-state index contributed by atoms with van der Waals surface area (Å²) in [6.07, 6.45) is 0. The Hall–Kier alpha value is -18.3.